The van der Waals surface area contributed by atoms with Gasteiger partial charge < -0.3 is 20.7 Å². The number of aryl methyl sites for hydroxylation is 1. The number of amides is 2. The summed E-state index contributed by atoms with van der Waals surface area (Å²) in [6, 6.07) is 16.5. The number of halogens is 1. The zero-order valence-electron chi connectivity index (χ0n) is 18.3. The van der Waals surface area contributed by atoms with Crippen LogP contribution in [0.4, 0.5) is 17.1 Å². The molecule has 3 aromatic carbocycles. The molecular weight excluding hydrogens is 426 g/mol. The third-order valence-electron chi connectivity index (χ3n) is 5.78. The van der Waals surface area contributed by atoms with Crippen molar-refractivity contribution in [2.24, 2.45) is 0 Å². The quantitative estimate of drug-likeness (QED) is 0.498. The molecule has 2 amide bonds. The lowest BCUT2D eigenvalue weighted by Gasteiger charge is -2.33. The summed E-state index contributed by atoms with van der Waals surface area (Å²) in [5.74, 6) is 0.150. The first-order valence-corrected chi connectivity index (χ1v) is 10.6. The molecule has 4 rings (SSSR count). The molecule has 3 N–H and O–H groups in total. The molecule has 1 atom stereocenters. The highest BCUT2D eigenvalue weighted by Crippen LogP contribution is 2.48. The number of carbonyl (C=O) groups is 2. The van der Waals surface area contributed by atoms with E-state index in [1.165, 1.54) is 6.92 Å². The Labute approximate surface area is 191 Å². The summed E-state index contributed by atoms with van der Waals surface area (Å²) in [6.45, 7) is 5.32. The van der Waals surface area contributed by atoms with Gasteiger partial charge in [-0.2, -0.15) is 0 Å². The van der Waals surface area contributed by atoms with E-state index in [-0.39, 0.29) is 11.8 Å². The molecule has 7 heteroatoms. The van der Waals surface area contributed by atoms with E-state index < -0.39 is 5.54 Å². The van der Waals surface area contributed by atoms with Crippen molar-refractivity contribution in [1.82, 2.24) is 0 Å². The number of hydrogen-bond donors (Lipinski definition) is 3. The molecule has 0 spiro atoms. The fourth-order valence-corrected chi connectivity index (χ4v) is 4.41. The molecule has 32 heavy (non-hydrogen) atoms. The number of hydrogen-bond acceptors (Lipinski definition) is 4. The molecule has 1 aliphatic heterocycles. The van der Waals surface area contributed by atoms with Crippen LogP contribution in [0, 0.1) is 13.8 Å². The lowest BCUT2D eigenvalue weighted by atomic mass is 9.82. The fourth-order valence-electron chi connectivity index (χ4n) is 4.24. The van der Waals surface area contributed by atoms with Gasteiger partial charge in [0.1, 0.15) is 5.75 Å². The number of anilines is 3. The van der Waals surface area contributed by atoms with Crippen LogP contribution in [0.2, 0.25) is 5.02 Å². The number of carbonyl (C=O) groups excluding carboxylic acids is 2. The lowest BCUT2D eigenvalue weighted by molar-refractivity contribution is -0.118. The van der Waals surface area contributed by atoms with Crippen LogP contribution in [0.3, 0.4) is 0 Å². The molecule has 0 saturated heterocycles. The summed E-state index contributed by atoms with van der Waals surface area (Å²) >= 11 is 6.36. The van der Waals surface area contributed by atoms with Crippen molar-refractivity contribution < 1.29 is 14.3 Å². The van der Waals surface area contributed by atoms with Gasteiger partial charge in [0.15, 0.2) is 5.54 Å². The molecule has 164 valence electrons. The van der Waals surface area contributed by atoms with E-state index >= 15 is 0 Å². The highest BCUT2D eigenvalue weighted by atomic mass is 35.5. The van der Waals surface area contributed by atoms with Crippen molar-refractivity contribution in [2.75, 3.05) is 23.1 Å². The van der Waals surface area contributed by atoms with Gasteiger partial charge in [0.2, 0.25) is 5.91 Å². The van der Waals surface area contributed by atoms with Crippen LogP contribution in [0.5, 0.6) is 5.75 Å². The van der Waals surface area contributed by atoms with Gasteiger partial charge in [0.25, 0.3) is 5.91 Å². The minimum atomic E-state index is -1.29. The van der Waals surface area contributed by atoms with E-state index in [9.17, 15) is 9.59 Å². The summed E-state index contributed by atoms with van der Waals surface area (Å²) in [7, 11) is 1.58. The smallest absolute Gasteiger partial charge is 0.259 e. The third kappa shape index (κ3) is 3.46. The van der Waals surface area contributed by atoms with Crippen LogP contribution in [0.15, 0.2) is 54.6 Å². The maximum absolute atomic E-state index is 13.7. The fraction of sp³-hybridized carbons (Fsp3) is 0.200. The number of methoxy groups -OCH3 is 1. The van der Waals surface area contributed by atoms with E-state index in [0.29, 0.717) is 33.3 Å². The van der Waals surface area contributed by atoms with Gasteiger partial charge in [-0.25, -0.2) is 0 Å². The van der Waals surface area contributed by atoms with Gasteiger partial charge in [0.05, 0.1) is 7.11 Å². The molecule has 0 fully saturated rings. The molecular formula is C25H24ClN3O3. The Bertz CT molecular complexity index is 1240. The standard InChI is InChI=1S/C25H24ClN3O3/c1-14-9-11-20(27-16(3)30)15(2)23(14)29-25(18-7-5-6-8-22(18)32-4)19-13-17(26)10-12-21(19)28-24(25)31/h5-13,29H,1-4H3,(H,27,30)(H,28,31)/t25-/m1/s1. The second-order valence-corrected chi connectivity index (χ2v) is 8.27. The summed E-state index contributed by atoms with van der Waals surface area (Å²) in [4.78, 5) is 25.4. The second kappa shape index (κ2) is 8.20. The minimum Gasteiger partial charge on any atom is -0.496 e. The topological polar surface area (TPSA) is 79.5 Å². The first-order valence-electron chi connectivity index (χ1n) is 10.2. The Morgan fingerprint density at radius 1 is 1.06 bits per heavy atom. The first kappa shape index (κ1) is 21.7. The van der Waals surface area contributed by atoms with Crippen LogP contribution >= 0.6 is 11.6 Å². The van der Waals surface area contributed by atoms with Crippen LogP contribution in [-0.2, 0) is 15.1 Å². The lowest BCUT2D eigenvalue weighted by Crippen LogP contribution is -2.44. The number of para-hydroxylation sites is 1. The molecule has 1 aliphatic rings. The predicted molar refractivity (Wildman–Crippen MR) is 128 cm³/mol. The van der Waals surface area contributed by atoms with Crippen molar-refractivity contribution in [1.29, 1.82) is 0 Å². The van der Waals surface area contributed by atoms with E-state index in [0.717, 1.165) is 16.8 Å². The molecule has 6 nitrogen and oxygen atoms in total. The van der Waals surface area contributed by atoms with Crippen molar-refractivity contribution in [3.05, 3.63) is 81.9 Å². The molecule has 0 unspecified atom stereocenters. The number of nitrogens with one attached hydrogen (secondary N) is 3. The number of rotatable bonds is 5. The maximum Gasteiger partial charge on any atom is 0.259 e. The van der Waals surface area contributed by atoms with Gasteiger partial charge >= 0.3 is 0 Å². The minimum absolute atomic E-state index is 0.168. The molecule has 0 aromatic heterocycles. The average molecular weight is 450 g/mol. The predicted octanol–water partition coefficient (Wildman–Crippen LogP) is 5.23. The summed E-state index contributed by atoms with van der Waals surface area (Å²) < 4.78 is 5.64. The summed E-state index contributed by atoms with van der Waals surface area (Å²) in [5, 5.41) is 9.88. The zero-order valence-corrected chi connectivity index (χ0v) is 19.1. The average Bonchev–Trinajstić information content (AvgIpc) is 3.04. The number of benzene rings is 3. The van der Waals surface area contributed by atoms with E-state index in [4.69, 9.17) is 16.3 Å². The number of ether oxygens (including phenoxy) is 1. The molecule has 1 heterocycles. The largest absolute Gasteiger partial charge is 0.496 e. The van der Waals surface area contributed by atoms with Gasteiger partial charge in [-0.3, -0.25) is 9.59 Å². The van der Waals surface area contributed by atoms with Crippen LogP contribution in [0.1, 0.15) is 29.2 Å². The molecule has 0 saturated carbocycles. The van der Waals surface area contributed by atoms with Crippen LogP contribution < -0.4 is 20.7 Å². The normalized spacial score (nSPS) is 16.8. The van der Waals surface area contributed by atoms with Gasteiger partial charge in [-0.15, -0.1) is 0 Å². The molecule has 0 bridgehead atoms. The van der Waals surface area contributed by atoms with Gasteiger partial charge in [0, 0.05) is 40.1 Å². The highest BCUT2D eigenvalue weighted by molar-refractivity contribution is 6.31. The van der Waals surface area contributed by atoms with Gasteiger partial charge in [-0.05, 0) is 55.3 Å². The van der Waals surface area contributed by atoms with Crippen LogP contribution in [-0.4, -0.2) is 18.9 Å². The van der Waals surface area contributed by atoms with E-state index in [1.807, 2.05) is 50.2 Å². The van der Waals surface area contributed by atoms with Crippen molar-refractivity contribution >= 4 is 40.5 Å². The van der Waals surface area contributed by atoms with Gasteiger partial charge in [-0.1, -0.05) is 35.9 Å². The van der Waals surface area contributed by atoms with E-state index in [1.54, 1.807) is 25.3 Å². The Morgan fingerprint density at radius 3 is 2.53 bits per heavy atom. The Hall–Kier alpha value is -3.51. The molecule has 0 aliphatic carbocycles. The molecule has 3 aromatic rings. The Kier molecular flexibility index (Phi) is 5.57. The maximum atomic E-state index is 13.7. The van der Waals surface area contributed by atoms with E-state index in [2.05, 4.69) is 16.0 Å². The van der Waals surface area contributed by atoms with Crippen molar-refractivity contribution in [3.8, 4) is 5.75 Å². The third-order valence-corrected chi connectivity index (χ3v) is 6.02. The monoisotopic (exact) mass is 449 g/mol. The SMILES string of the molecule is COc1ccccc1[C@]1(Nc2c(C)ccc(NC(C)=O)c2C)C(=O)Nc2ccc(Cl)cc21. The molecule has 0 radical (unpaired) electrons. The Morgan fingerprint density at radius 2 is 1.81 bits per heavy atom. The van der Waals surface area contributed by atoms with Crippen molar-refractivity contribution in [3.63, 3.8) is 0 Å². The second-order valence-electron chi connectivity index (χ2n) is 7.83. The Balaban J connectivity index is 2.00. The summed E-state index contributed by atoms with van der Waals surface area (Å²) in [6.07, 6.45) is 0. The highest BCUT2D eigenvalue weighted by Gasteiger charge is 2.50. The zero-order chi connectivity index (χ0) is 23.0. The summed E-state index contributed by atoms with van der Waals surface area (Å²) in [5.41, 5.74) is 3.89. The van der Waals surface area contributed by atoms with Crippen molar-refractivity contribution in [2.45, 2.75) is 26.3 Å². The first-order chi connectivity index (χ1) is 15.3. The van der Waals surface area contributed by atoms with Crippen LogP contribution in [0.25, 0.3) is 0 Å². The number of fused-ring (bicyclic) bond motifs is 1.